The van der Waals surface area contributed by atoms with Crippen LogP contribution in [0.5, 0.6) is 5.75 Å². The molecule has 0 atom stereocenters. The SMILES string of the molecule is O=Cc1ccc(OCC(=O)NI2CCC2)cc1. The zero-order chi connectivity index (χ0) is 12.1. The van der Waals surface area contributed by atoms with Crippen LogP contribution in [-0.2, 0) is 4.79 Å². The molecule has 1 saturated heterocycles. The van der Waals surface area contributed by atoms with Crippen molar-refractivity contribution < 1.29 is 14.3 Å². The Bertz CT molecular complexity index is 401. The molecule has 0 saturated carbocycles. The molecule has 0 bridgehead atoms. The van der Waals surface area contributed by atoms with E-state index < -0.39 is 20.1 Å². The van der Waals surface area contributed by atoms with Crippen molar-refractivity contribution in [3.8, 4) is 5.75 Å². The van der Waals surface area contributed by atoms with Crippen molar-refractivity contribution in [2.45, 2.75) is 6.42 Å². The summed E-state index contributed by atoms with van der Waals surface area (Å²) >= 11 is -1.08. The molecule has 17 heavy (non-hydrogen) atoms. The first-order chi connectivity index (χ1) is 8.28. The van der Waals surface area contributed by atoms with Gasteiger partial charge in [0.15, 0.2) is 0 Å². The number of aldehydes is 1. The molecule has 4 nitrogen and oxygen atoms in total. The van der Waals surface area contributed by atoms with Gasteiger partial charge in [-0.1, -0.05) is 0 Å². The van der Waals surface area contributed by atoms with Gasteiger partial charge in [-0.2, -0.15) is 0 Å². The Morgan fingerprint density at radius 1 is 1.35 bits per heavy atom. The summed E-state index contributed by atoms with van der Waals surface area (Å²) in [6, 6.07) is 6.72. The molecule has 1 fully saturated rings. The molecule has 1 aliphatic heterocycles. The van der Waals surface area contributed by atoms with Crippen molar-refractivity contribution >= 4 is 32.3 Å². The molecule has 1 N–H and O–H groups in total. The number of hydrogen-bond donors (Lipinski definition) is 1. The van der Waals surface area contributed by atoms with Crippen molar-refractivity contribution in [1.82, 2.24) is 3.53 Å². The first-order valence-electron chi connectivity index (χ1n) is 5.37. The molecule has 1 aromatic carbocycles. The average Bonchev–Trinajstić information content (AvgIpc) is 2.32. The van der Waals surface area contributed by atoms with Gasteiger partial charge in [-0.15, -0.1) is 0 Å². The number of carbonyl (C=O) groups excluding carboxylic acids is 2. The van der Waals surface area contributed by atoms with E-state index in [0.717, 1.165) is 6.29 Å². The molecule has 5 heteroatoms. The van der Waals surface area contributed by atoms with Gasteiger partial charge in [-0.3, -0.25) is 0 Å². The Kier molecular flexibility index (Phi) is 4.36. The van der Waals surface area contributed by atoms with Crippen molar-refractivity contribution in [2.75, 3.05) is 15.5 Å². The Hall–Kier alpha value is -1.11. The van der Waals surface area contributed by atoms with Gasteiger partial charge in [0.1, 0.15) is 0 Å². The third kappa shape index (κ3) is 3.69. The van der Waals surface area contributed by atoms with E-state index in [1.54, 1.807) is 24.3 Å². The first-order valence-corrected chi connectivity index (χ1v) is 9.50. The van der Waals surface area contributed by atoms with Crippen molar-refractivity contribution in [3.63, 3.8) is 0 Å². The van der Waals surface area contributed by atoms with Crippen LogP contribution in [0, 0.1) is 0 Å². The third-order valence-electron chi connectivity index (χ3n) is 2.35. The molecule has 0 unspecified atom stereocenters. The van der Waals surface area contributed by atoms with E-state index in [1.165, 1.54) is 15.3 Å². The molecular weight excluding hydrogens is 333 g/mol. The van der Waals surface area contributed by atoms with Crippen LogP contribution in [0.2, 0.25) is 0 Å². The van der Waals surface area contributed by atoms with E-state index in [1.807, 2.05) is 0 Å². The van der Waals surface area contributed by atoms with E-state index in [0.29, 0.717) is 11.3 Å². The number of alkyl halides is 2. The van der Waals surface area contributed by atoms with Crippen LogP contribution >= 0.6 is 20.1 Å². The molecule has 1 amide bonds. The number of benzene rings is 1. The second kappa shape index (κ2) is 6.00. The molecule has 0 spiro atoms. The zero-order valence-electron chi connectivity index (χ0n) is 9.32. The number of halogens is 1. The second-order valence-electron chi connectivity index (χ2n) is 3.68. The van der Waals surface area contributed by atoms with E-state index in [4.69, 9.17) is 4.74 Å². The average molecular weight is 347 g/mol. The molecule has 0 radical (unpaired) electrons. The van der Waals surface area contributed by atoms with Gasteiger partial charge in [-0.05, 0) is 0 Å². The van der Waals surface area contributed by atoms with Crippen LogP contribution in [0.25, 0.3) is 0 Å². The predicted molar refractivity (Wildman–Crippen MR) is 73.8 cm³/mol. The molecule has 1 aromatic rings. The second-order valence-corrected chi connectivity index (χ2v) is 8.98. The Morgan fingerprint density at radius 3 is 2.59 bits per heavy atom. The van der Waals surface area contributed by atoms with E-state index >= 15 is 0 Å². The van der Waals surface area contributed by atoms with Crippen LogP contribution in [-0.4, -0.2) is 27.7 Å². The quantitative estimate of drug-likeness (QED) is 0.383. The summed E-state index contributed by atoms with van der Waals surface area (Å²) in [7, 11) is 0. The maximum absolute atomic E-state index is 11.5. The van der Waals surface area contributed by atoms with Crippen molar-refractivity contribution in [2.24, 2.45) is 0 Å². The summed E-state index contributed by atoms with van der Waals surface area (Å²) in [5.41, 5.74) is 0.602. The van der Waals surface area contributed by atoms with Crippen molar-refractivity contribution in [3.05, 3.63) is 29.8 Å². The molecular formula is C12H14INO3. The Labute approximate surface area is 107 Å². The minimum atomic E-state index is -1.08. The summed E-state index contributed by atoms with van der Waals surface area (Å²) in [5, 5.41) is 0. The predicted octanol–water partition coefficient (Wildman–Crippen LogP) is 1.82. The van der Waals surface area contributed by atoms with E-state index in [9.17, 15) is 9.59 Å². The number of nitrogens with one attached hydrogen (secondary N) is 1. The number of carbonyl (C=O) groups is 2. The summed E-state index contributed by atoms with van der Waals surface area (Å²) in [4.78, 5) is 21.9. The number of hydrogen-bond acceptors (Lipinski definition) is 3. The first kappa shape index (κ1) is 12.3. The molecule has 1 aliphatic rings. The number of amides is 1. The molecule has 0 aliphatic carbocycles. The van der Waals surface area contributed by atoms with Gasteiger partial charge in [0.25, 0.3) is 0 Å². The van der Waals surface area contributed by atoms with E-state index in [2.05, 4.69) is 3.53 Å². The van der Waals surface area contributed by atoms with Gasteiger partial charge in [-0.25, -0.2) is 0 Å². The third-order valence-corrected chi connectivity index (χ3v) is 7.84. The van der Waals surface area contributed by atoms with Gasteiger partial charge >= 0.3 is 108 Å². The van der Waals surface area contributed by atoms with Gasteiger partial charge < -0.3 is 0 Å². The monoisotopic (exact) mass is 347 g/mol. The van der Waals surface area contributed by atoms with Crippen LogP contribution in [0.3, 0.4) is 0 Å². The molecule has 0 aromatic heterocycles. The Morgan fingerprint density at radius 2 is 2.06 bits per heavy atom. The van der Waals surface area contributed by atoms with Crippen LogP contribution in [0.4, 0.5) is 0 Å². The van der Waals surface area contributed by atoms with Crippen LogP contribution in [0.15, 0.2) is 24.3 Å². The molecule has 1 heterocycles. The topological polar surface area (TPSA) is 55.4 Å². The fourth-order valence-corrected chi connectivity index (χ4v) is 4.40. The fraction of sp³-hybridized carbons (Fsp3) is 0.333. The number of ether oxygens (including phenoxy) is 1. The molecule has 2 rings (SSSR count). The fourth-order valence-electron chi connectivity index (χ4n) is 1.33. The van der Waals surface area contributed by atoms with Crippen molar-refractivity contribution in [1.29, 1.82) is 0 Å². The summed E-state index contributed by atoms with van der Waals surface area (Å²) in [5.74, 6) is 0.595. The van der Waals surface area contributed by atoms with E-state index in [-0.39, 0.29) is 12.5 Å². The van der Waals surface area contributed by atoms with Crippen LogP contribution < -0.4 is 8.27 Å². The minimum absolute atomic E-state index is 0.0191. The molecule has 92 valence electrons. The summed E-state index contributed by atoms with van der Waals surface area (Å²) < 4.78 is 10.8. The van der Waals surface area contributed by atoms with Gasteiger partial charge in [0.05, 0.1) is 0 Å². The normalized spacial score (nSPS) is 15.9. The van der Waals surface area contributed by atoms with Gasteiger partial charge in [0.2, 0.25) is 0 Å². The zero-order valence-corrected chi connectivity index (χ0v) is 11.5. The Balaban J connectivity index is 1.75. The standard InChI is InChI=1S/C12H14INO3/c15-8-10-2-4-11(5-3-10)17-9-12(16)14-13-6-1-7-13/h2-5,8H,1,6-7,9H2,(H,14,16). The summed E-state index contributed by atoms with van der Waals surface area (Å²) in [6.07, 6.45) is 2.04. The summed E-state index contributed by atoms with van der Waals surface area (Å²) in [6.45, 7) is 0.0639. The van der Waals surface area contributed by atoms with Gasteiger partial charge in [0, 0.05) is 0 Å². The maximum atomic E-state index is 11.5. The number of rotatable bonds is 5. The van der Waals surface area contributed by atoms with Crippen LogP contribution in [0.1, 0.15) is 16.8 Å².